The minimum atomic E-state index is -0.162. The highest BCUT2D eigenvalue weighted by Crippen LogP contribution is 2.33. The van der Waals surface area contributed by atoms with Crippen molar-refractivity contribution in [1.82, 2.24) is 20.6 Å². The fraction of sp³-hybridized carbons (Fsp3) is 0.238. The lowest BCUT2D eigenvalue weighted by atomic mass is 10.0. The summed E-state index contributed by atoms with van der Waals surface area (Å²) < 4.78 is 5.82. The van der Waals surface area contributed by atoms with Gasteiger partial charge in [0.2, 0.25) is 5.82 Å². The Morgan fingerprint density at radius 1 is 1.21 bits per heavy atom. The van der Waals surface area contributed by atoms with E-state index in [4.69, 9.17) is 4.74 Å². The van der Waals surface area contributed by atoms with E-state index in [1.165, 1.54) is 6.92 Å². The van der Waals surface area contributed by atoms with Crippen LogP contribution in [0.4, 0.5) is 0 Å². The SMILES string of the molecule is CCCc1c(OCC=Cc2ccc(-c3nn[nH]n3)cc2)ccc(C(C)=O)c1O. The summed E-state index contributed by atoms with van der Waals surface area (Å²) in [4.78, 5) is 11.6. The third-order valence-electron chi connectivity index (χ3n) is 4.28. The van der Waals surface area contributed by atoms with Crippen molar-refractivity contribution in [3.05, 3.63) is 59.2 Å². The van der Waals surface area contributed by atoms with Crippen LogP contribution in [-0.2, 0) is 6.42 Å². The topological polar surface area (TPSA) is 101 Å². The van der Waals surface area contributed by atoms with Gasteiger partial charge < -0.3 is 9.84 Å². The van der Waals surface area contributed by atoms with Gasteiger partial charge in [-0.25, -0.2) is 0 Å². The quantitative estimate of drug-likeness (QED) is 0.578. The number of aromatic amines is 1. The van der Waals surface area contributed by atoms with E-state index < -0.39 is 0 Å². The van der Waals surface area contributed by atoms with E-state index in [1.807, 2.05) is 43.3 Å². The highest BCUT2D eigenvalue weighted by atomic mass is 16.5. The Bertz CT molecular complexity index is 964. The van der Waals surface area contributed by atoms with Crippen molar-refractivity contribution in [3.63, 3.8) is 0 Å². The van der Waals surface area contributed by atoms with Crippen LogP contribution >= 0.6 is 0 Å². The molecule has 0 fully saturated rings. The molecule has 2 N–H and O–H groups in total. The summed E-state index contributed by atoms with van der Waals surface area (Å²) >= 11 is 0. The summed E-state index contributed by atoms with van der Waals surface area (Å²) in [6.07, 6.45) is 5.33. The van der Waals surface area contributed by atoms with E-state index in [9.17, 15) is 9.90 Å². The van der Waals surface area contributed by atoms with Crippen LogP contribution in [0, 0.1) is 0 Å². The van der Waals surface area contributed by atoms with Gasteiger partial charge in [0.15, 0.2) is 5.78 Å². The number of aromatic hydroxyl groups is 1. The molecule has 0 atom stereocenters. The third-order valence-corrected chi connectivity index (χ3v) is 4.28. The van der Waals surface area contributed by atoms with Crippen molar-refractivity contribution in [2.24, 2.45) is 0 Å². The summed E-state index contributed by atoms with van der Waals surface area (Å²) in [5.41, 5.74) is 2.90. The largest absolute Gasteiger partial charge is 0.507 e. The zero-order valence-corrected chi connectivity index (χ0v) is 15.8. The first-order chi connectivity index (χ1) is 13.6. The molecule has 1 heterocycles. The van der Waals surface area contributed by atoms with Gasteiger partial charge in [0, 0.05) is 11.1 Å². The third kappa shape index (κ3) is 4.43. The summed E-state index contributed by atoms with van der Waals surface area (Å²) in [5.74, 6) is 1.01. The molecule has 1 aromatic heterocycles. The lowest BCUT2D eigenvalue weighted by Gasteiger charge is -2.13. The molecule has 0 aliphatic heterocycles. The molecule has 28 heavy (non-hydrogen) atoms. The van der Waals surface area contributed by atoms with E-state index in [2.05, 4.69) is 20.6 Å². The summed E-state index contributed by atoms with van der Waals surface area (Å²) in [5, 5.41) is 24.2. The molecule has 144 valence electrons. The van der Waals surface area contributed by atoms with Gasteiger partial charge in [0.1, 0.15) is 18.1 Å². The van der Waals surface area contributed by atoms with Gasteiger partial charge in [-0.1, -0.05) is 43.7 Å². The molecule has 0 saturated carbocycles. The van der Waals surface area contributed by atoms with Gasteiger partial charge in [-0.3, -0.25) is 4.79 Å². The number of H-pyrrole nitrogens is 1. The molecule has 0 spiro atoms. The van der Waals surface area contributed by atoms with Crippen LogP contribution in [0.25, 0.3) is 17.5 Å². The Morgan fingerprint density at radius 3 is 2.64 bits per heavy atom. The van der Waals surface area contributed by atoms with E-state index in [1.54, 1.807) is 12.1 Å². The Morgan fingerprint density at radius 2 is 2.00 bits per heavy atom. The Balaban J connectivity index is 1.65. The monoisotopic (exact) mass is 378 g/mol. The maximum absolute atomic E-state index is 11.6. The second-order valence-electron chi connectivity index (χ2n) is 6.32. The molecular formula is C21H22N4O3. The number of carbonyl (C=O) groups excluding carboxylic acids is 1. The smallest absolute Gasteiger partial charge is 0.204 e. The van der Waals surface area contributed by atoms with Gasteiger partial charge in [-0.2, -0.15) is 5.21 Å². The zero-order chi connectivity index (χ0) is 19.9. The van der Waals surface area contributed by atoms with Crippen LogP contribution in [0.3, 0.4) is 0 Å². The van der Waals surface area contributed by atoms with Gasteiger partial charge >= 0.3 is 0 Å². The predicted octanol–water partition coefficient (Wildman–Crippen LogP) is 3.82. The molecule has 2 aromatic carbocycles. The average Bonchev–Trinajstić information content (AvgIpc) is 3.22. The number of Topliss-reactive ketones (excluding diaryl/α,β-unsaturated/α-hetero) is 1. The highest BCUT2D eigenvalue weighted by Gasteiger charge is 2.15. The van der Waals surface area contributed by atoms with E-state index in [0.29, 0.717) is 35.7 Å². The van der Waals surface area contributed by atoms with Crippen LogP contribution in [-0.4, -0.2) is 38.1 Å². The first-order valence-corrected chi connectivity index (χ1v) is 9.09. The number of nitrogens with zero attached hydrogens (tertiary/aromatic N) is 3. The lowest BCUT2D eigenvalue weighted by molar-refractivity contribution is 0.101. The first-order valence-electron chi connectivity index (χ1n) is 9.09. The molecule has 0 aliphatic rings. The summed E-state index contributed by atoms with van der Waals surface area (Å²) in [6, 6.07) is 11.1. The molecule has 0 radical (unpaired) electrons. The van der Waals surface area contributed by atoms with Crippen LogP contribution in [0.1, 0.15) is 41.8 Å². The fourth-order valence-electron chi connectivity index (χ4n) is 2.88. The average molecular weight is 378 g/mol. The highest BCUT2D eigenvalue weighted by molar-refractivity contribution is 5.97. The van der Waals surface area contributed by atoms with Crippen molar-refractivity contribution >= 4 is 11.9 Å². The van der Waals surface area contributed by atoms with E-state index in [0.717, 1.165) is 17.5 Å². The van der Waals surface area contributed by atoms with E-state index in [-0.39, 0.29) is 11.5 Å². The minimum absolute atomic E-state index is 0.0212. The number of ketones is 1. The summed E-state index contributed by atoms with van der Waals surface area (Å²) in [6.45, 7) is 3.81. The molecule has 7 nitrogen and oxygen atoms in total. The van der Waals surface area contributed by atoms with Crippen LogP contribution in [0.2, 0.25) is 0 Å². The maximum Gasteiger partial charge on any atom is 0.204 e. The van der Waals surface area contributed by atoms with Crippen LogP contribution in [0.5, 0.6) is 11.5 Å². The van der Waals surface area contributed by atoms with Crippen LogP contribution < -0.4 is 4.74 Å². The second-order valence-corrected chi connectivity index (χ2v) is 6.32. The number of hydrogen-bond donors (Lipinski definition) is 2. The number of hydrogen-bond acceptors (Lipinski definition) is 6. The lowest BCUT2D eigenvalue weighted by Crippen LogP contribution is -2.02. The standard InChI is InChI=1S/C21H22N4O3/c1-3-5-18-19(12-11-17(14(2)26)20(18)27)28-13-4-6-15-7-9-16(10-8-15)21-22-24-25-23-21/h4,6-12,27H,3,5,13H2,1-2H3,(H,22,23,24,25). The second kappa shape index (κ2) is 8.94. The number of ether oxygens (including phenoxy) is 1. The van der Waals surface area contributed by atoms with Gasteiger partial charge in [-0.15, -0.1) is 10.2 Å². The first kappa shape index (κ1) is 19.3. The minimum Gasteiger partial charge on any atom is -0.507 e. The fourth-order valence-corrected chi connectivity index (χ4v) is 2.88. The normalized spacial score (nSPS) is 11.1. The number of aromatic nitrogens is 4. The maximum atomic E-state index is 11.6. The predicted molar refractivity (Wildman–Crippen MR) is 106 cm³/mol. The van der Waals surface area contributed by atoms with Crippen molar-refractivity contribution < 1.29 is 14.6 Å². The molecule has 0 aliphatic carbocycles. The van der Waals surface area contributed by atoms with Crippen molar-refractivity contribution in [3.8, 4) is 22.9 Å². The molecular weight excluding hydrogens is 356 g/mol. The Kier molecular flexibility index (Phi) is 6.16. The van der Waals surface area contributed by atoms with Crippen molar-refractivity contribution in [2.75, 3.05) is 6.61 Å². The molecule has 3 rings (SSSR count). The van der Waals surface area contributed by atoms with Crippen molar-refractivity contribution in [1.29, 1.82) is 0 Å². The molecule has 7 heteroatoms. The zero-order valence-electron chi connectivity index (χ0n) is 15.8. The van der Waals surface area contributed by atoms with E-state index >= 15 is 0 Å². The van der Waals surface area contributed by atoms with Crippen molar-refractivity contribution in [2.45, 2.75) is 26.7 Å². The number of carbonyl (C=O) groups is 1. The molecule has 0 saturated heterocycles. The Hall–Kier alpha value is -3.48. The molecule has 3 aromatic rings. The Labute approximate surface area is 163 Å². The van der Waals surface area contributed by atoms with Gasteiger partial charge in [0.25, 0.3) is 0 Å². The van der Waals surface area contributed by atoms with Gasteiger partial charge in [0.05, 0.1) is 5.56 Å². The number of rotatable bonds is 8. The number of phenolic OH excluding ortho intramolecular Hbond substituents is 1. The molecule has 0 amide bonds. The van der Waals surface area contributed by atoms with Gasteiger partial charge in [-0.05, 0) is 42.3 Å². The molecule has 0 bridgehead atoms. The number of nitrogens with one attached hydrogen (secondary N) is 1. The number of tetrazole rings is 1. The molecule has 0 unspecified atom stereocenters. The van der Waals surface area contributed by atoms with Crippen LogP contribution in [0.15, 0.2) is 42.5 Å². The number of phenols is 1. The summed E-state index contributed by atoms with van der Waals surface area (Å²) in [7, 11) is 0. The number of benzene rings is 2.